The number of rotatable bonds is 4. The number of pyridine rings is 1. The Bertz CT molecular complexity index is 705. The fraction of sp³-hybridized carbons (Fsp3) is 0.500. The van der Waals surface area contributed by atoms with E-state index in [1.165, 1.54) is 38.1 Å². The van der Waals surface area contributed by atoms with Gasteiger partial charge in [0.1, 0.15) is 17.3 Å². The molecule has 0 amide bonds. The van der Waals surface area contributed by atoms with Gasteiger partial charge in [0, 0.05) is 25.3 Å². The van der Waals surface area contributed by atoms with Crippen LogP contribution in [0.4, 0.5) is 10.2 Å². The highest BCUT2D eigenvalue weighted by Gasteiger charge is 2.38. The van der Waals surface area contributed by atoms with E-state index in [0.29, 0.717) is 23.5 Å². The lowest BCUT2D eigenvalue weighted by molar-refractivity contribution is 0.0256. The van der Waals surface area contributed by atoms with Crippen LogP contribution in [0.15, 0.2) is 30.6 Å². The Morgan fingerprint density at radius 1 is 1.25 bits per heavy atom. The summed E-state index contributed by atoms with van der Waals surface area (Å²) in [4.78, 5) is 15.3. The molecule has 3 unspecified atom stereocenters. The molecule has 2 aromatic rings. The third-order valence-corrected chi connectivity index (χ3v) is 5.32. The quantitative estimate of drug-likeness (QED) is 0.936. The van der Waals surface area contributed by atoms with Gasteiger partial charge in [0.15, 0.2) is 5.82 Å². The van der Waals surface area contributed by atoms with E-state index in [9.17, 15) is 4.39 Å². The average molecular weight is 327 g/mol. The molecule has 3 atom stereocenters. The average Bonchev–Trinajstić information content (AvgIpc) is 2.61. The topological polar surface area (TPSA) is 53.9 Å². The number of piperidine rings is 2. The molecule has 2 aliphatic heterocycles. The molecule has 3 aliphatic rings. The maximum absolute atomic E-state index is 13.0. The molecule has 6 heteroatoms. The van der Waals surface area contributed by atoms with Gasteiger partial charge in [0.05, 0.1) is 6.20 Å². The third-order valence-electron chi connectivity index (χ3n) is 5.32. The molecule has 5 nitrogen and oxygen atoms in total. The van der Waals surface area contributed by atoms with Gasteiger partial charge in [-0.25, -0.2) is 19.3 Å². The van der Waals surface area contributed by atoms with Crippen LogP contribution in [0, 0.1) is 17.7 Å². The van der Waals surface area contributed by atoms with Crippen molar-refractivity contribution in [2.24, 2.45) is 11.8 Å². The SMILES string of the molecule is CN1CC2CCC1C(CNc1ccnc(-c3ccc(F)cn3)n1)C2. The second kappa shape index (κ2) is 6.43. The zero-order valence-corrected chi connectivity index (χ0v) is 13.8. The molecule has 1 N–H and O–H groups in total. The van der Waals surface area contributed by atoms with Crippen molar-refractivity contribution in [1.82, 2.24) is 19.9 Å². The molecule has 24 heavy (non-hydrogen) atoms. The molecule has 126 valence electrons. The Labute approximate surface area is 141 Å². The fourth-order valence-electron chi connectivity index (χ4n) is 4.18. The summed E-state index contributed by atoms with van der Waals surface area (Å²) in [6.07, 6.45) is 6.89. The highest BCUT2D eigenvalue weighted by Crippen LogP contribution is 2.38. The van der Waals surface area contributed by atoms with Gasteiger partial charge in [-0.15, -0.1) is 0 Å². The summed E-state index contributed by atoms with van der Waals surface area (Å²) in [5.41, 5.74) is 0.580. The molecule has 0 aromatic carbocycles. The third kappa shape index (κ3) is 3.11. The first-order valence-corrected chi connectivity index (χ1v) is 8.58. The van der Waals surface area contributed by atoms with Crippen molar-refractivity contribution < 1.29 is 4.39 Å². The van der Waals surface area contributed by atoms with Crippen molar-refractivity contribution in [3.63, 3.8) is 0 Å². The van der Waals surface area contributed by atoms with Gasteiger partial charge in [0.25, 0.3) is 0 Å². The number of halogens is 1. The lowest BCUT2D eigenvalue weighted by Gasteiger charge is -2.48. The van der Waals surface area contributed by atoms with Crippen LogP contribution in [0.25, 0.3) is 11.5 Å². The Balaban J connectivity index is 1.44. The Kier molecular flexibility index (Phi) is 4.14. The van der Waals surface area contributed by atoms with E-state index in [4.69, 9.17) is 0 Å². The number of anilines is 1. The van der Waals surface area contributed by atoms with E-state index >= 15 is 0 Å². The molecule has 1 saturated carbocycles. The van der Waals surface area contributed by atoms with Crippen LogP contribution in [0.5, 0.6) is 0 Å². The summed E-state index contributed by atoms with van der Waals surface area (Å²) in [5, 5.41) is 3.46. The van der Waals surface area contributed by atoms with E-state index in [-0.39, 0.29) is 5.82 Å². The first-order chi connectivity index (χ1) is 11.7. The minimum absolute atomic E-state index is 0.357. The molecule has 2 saturated heterocycles. The number of nitrogens with one attached hydrogen (secondary N) is 1. The van der Waals surface area contributed by atoms with Gasteiger partial charge in [-0.2, -0.15) is 0 Å². The van der Waals surface area contributed by atoms with E-state index in [2.05, 4.69) is 32.2 Å². The van der Waals surface area contributed by atoms with Crippen LogP contribution in [0.2, 0.25) is 0 Å². The van der Waals surface area contributed by atoms with Crippen molar-refractivity contribution in [3.8, 4) is 11.5 Å². The Morgan fingerprint density at radius 2 is 2.17 bits per heavy atom. The lowest BCUT2D eigenvalue weighted by Crippen LogP contribution is -2.52. The molecule has 4 heterocycles. The summed E-state index contributed by atoms with van der Waals surface area (Å²) in [6, 6.07) is 5.53. The van der Waals surface area contributed by atoms with Crippen molar-refractivity contribution in [1.29, 1.82) is 0 Å². The molecule has 0 spiro atoms. The number of hydrogen-bond donors (Lipinski definition) is 1. The lowest BCUT2D eigenvalue weighted by atomic mass is 9.73. The van der Waals surface area contributed by atoms with Crippen LogP contribution in [0.1, 0.15) is 19.3 Å². The molecule has 0 radical (unpaired) electrons. The standard InChI is InChI=1S/C18H22FN5/c1-24-11-12-2-5-16(24)13(8-12)9-22-17-6-7-20-18(23-17)15-4-3-14(19)10-21-15/h3-4,6-7,10,12-13,16H,2,5,8-9,11H2,1H3,(H,20,22,23). The number of aromatic nitrogens is 3. The monoisotopic (exact) mass is 327 g/mol. The first-order valence-electron chi connectivity index (χ1n) is 8.58. The predicted octanol–water partition coefficient (Wildman–Crippen LogP) is 2.82. The number of fused-ring (bicyclic) bond motifs is 3. The van der Waals surface area contributed by atoms with Gasteiger partial charge in [-0.05, 0) is 56.3 Å². The van der Waals surface area contributed by atoms with Gasteiger partial charge in [-0.3, -0.25) is 0 Å². The predicted molar refractivity (Wildman–Crippen MR) is 91.0 cm³/mol. The van der Waals surface area contributed by atoms with Crippen LogP contribution in [-0.2, 0) is 0 Å². The summed E-state index contributed by atoms with van der Waals surface area (Å²) in [7, 11) is 2.24. The molecule has 2 aromatic heterocycles. The Hall–Kier alpha value is -2.08. The van der Waals surface area contributed by atoms with Gasteiger partial charge >= 0.3 is 0 Å². The second-order valence-electron chi connectivity index (χ2n) is 6.95. The zero-order chi connectivity index (χ0) is 16.5. The maximum Gasteiger partial charge on any atom is 0.180 e. The number of nitrogens with zero attached hydrogens (tertiary/aromatic N) is 4. The van der Waals surface area contributed by atoms with E-state index in [0.717, 1.165) is 18.3 Å². The van der Waals surface area contributed by atoms with Crippen LogP contribution >= 0.6 is 0 Å². The van der Waals surface area contributed by atoms with Gasteiger partial charge < -0.3 is 10.2 Å². The molecule has 2 bridgehead atoms. The summed E-state index contributed by atoms with van der Waals surface area (Å²) in [6.45, 7) is 2.17. The van der Waals surface area contributed by atoms with Crippen molar-refractivity contribution in [3.05, 3.63) is 36.4 Å². The van der Waals surface area contributed by atoms with E-state index in [1.807, 2.05) is 6.07 Å². The van der Waals surface area contributed by atoms with E-state index < -0.39 is 0 Å². The zero-order valence-electron chi connectivity index (χ0n) is 13.8. The minimum Gasteiger partial charge on any atom is -0.370 e. The van der Waals surface area contributed by atoms with Crippen molar-refractivity contribution >= 4 is 5.82 Å². The summed E-state index contributed by atoms with van der Waals surface area (Å²) < 4.78 is 13.0. The van der Waals surface area contributed by atoms with Gasteiger partial charge in [0.2, 0.25) is 0 Å². The molecular weight excluding hydrogens is 305 g/mol. The van der Waals surface area contributed by atoms with Crippen molar-refractivity contribution in [2.45, 2.75) is 25.3 Å². The number of hydrogen-bond acceptors (Lipinski definition) is 5. The second-order valence-corrected chi connectivity index (χ2v) is 6.95. The smallest absolute Gasteiger partial charge is 0.180 e. The van der Waals surface area contributed by atoms with Crippen LogP contribution in [-0.4, -0.2) is 46.0 Å². The summed E-state index contributed by atoms with van der Waals surface area (Å²) in [5.74, 6) is 2.48. The maximum atomic E-state index is 13.0. The van der Waals surface area contributed by atoms with Crippen LogP contribution in [0.3, 0.4) is 0 Å². The fourth-order valence-corrected chi connectivity index (χ4v) is 4.18. The summed E-state index contributed by atoms with van der Waals surface area (Å²) >= 11 is 0. The normalized spacial score (nSPS) is 26.5. The highest BCUT2D eigenvalue weighted by atomic mass is 19.1. The van der Waals surface area contributed by atoms with Gasteiger partial charge in [-0.1, -0.05) is 0 Å². The van der Waals surface area contributed by atoms with Crippen LogP contribution < -0.4 is 5.32 Å². The molecule has 5 rings (SSSR count). The minimum atomic E-state index is -0.357. The van der Waals surface area contributed by atoms with Crippen molar-refractivity contribution in [2.75, 3.05) is 25.5 Å². The Morgan fingerprint density at radius 3 is 2.92 bits per heavy atom. The largest absolute Gasteiger partial charge is 0.370 e. The van der Waals surface area contributed by atoms with E-state index in [1.54, 1.807) is 12.3 Å². The first kappa shape index (κ1) is 15.4. The molecular formula is C18H22FN5. The molecule has 3 fully saturated rings. The highest BCUT2D eigenvalue weighted by molar-refractivity contribution is 5.51. The molecule has 1 aliphatic carbocycles.